The van der Waals surface area contributed by atoms with Crippen LogP contribution in [0, 0.1) is 53.3 Å². The van der Waals surface area contributed by atoms with Crippen molar-refractivity contribution in [1.82, 2.24) is 0 Å². The van der Waals surface area contributed by atoms with Gasteiger partial charge in [0.05, 0.1) is 13.0 Å². The zero-order valence-corrected chi connectivity index (χ0v) is 8.93. The molecule has 6 saturated carbocycles. The fourth-order valence-corrected chi connectivity index (χ4v) is 7.07. The van der Waals surface area contributed by atoms with E-state index in [9.17, 15) is 4.79 Å². The summed E-state index contributed by atoms with van der Waals surface area (Å²) < 4.78 is 5.03. The van der Waals surface area contributed by atoms with Crippen molar-refractivity contribution >= 4 is 5.97 Å². The molecule has 0 heterocycles. The van der Waals surface area contributed by atoms with Gasteiger partial charge in [0.1, 0.15) is 0 Å². The van der Waals surface area contributed by atoms with Crippen LogP contribution in [0.25, 0.3) is 0 Å². The minimum atomic E-state index is 0.119. The normalized spacial score (nSPS) is 70.1. The van der Waals surface area contributed by atoms with Crippen LogP contribution in [-0.2, 0) is 9.53 Å². The van der Waals surface area contributed by atoms with E-state index in [0.29, 0.717) is 5.92 Å². The molecular formula is C13H16O2. The molecule has 0 aromatic heterocycles. The van der Waals surface area contributed by atoms with Crippen molar-refractivity contribution in [2.75, 3.05) is 7.11 Å². The van der Waals surface area contributed by atoms with E-state index in [0.717, 1.165) is 47.3 Å². The van der Waals surface area contributed by atoms with Gasteiger partial charge < -0.3 is 4.74 Å². The minimum absolute atomic E-state index is 0.119. The molecule has 80 valence electrons. The number of methoxy groups -OCH3 is 1. The Labute approximate surface area is 89.4 Å². The summed E-state index contributed by atoms with van der Waals surface area (Å²) in [7, 11) is 1.57. The molecule has 6 bridgehead atoms. The first-order valence-electron chi connectivity index (χ1n) is 6.40. The van der Waals surface area contributed by atoms with E-state index in [1.807, 2.05) is 0 Å². The maximum absolute atomic E-state index is 11.9. The molecule has 2 nitrogen and oxygen atoms in total. The topological polar surface area (TPSA) is 26.3 Å². The van der Waals surface area contributed by atoms with Crippen molar-refractivity contribution in [1.29, 1.82) is 0 Å². The van der Waals surface area contributed by atoms with E-state index in [2.05, 4.69) is 0 Å². The quantitative estimate of drug-likeness (QED) is 0.606. The first kappa shape index (κ1) is 7.70. The predicted octanol–water partition coefficient (Wildman–Crippen LogP) is 1.55. The second-order valence-electron chi connectivity index (χ2n) is 6.49. The Bertz CT molecular complexity index is 349. The van der Waals surface area contributed by atoms with Crippen LogP contribution in [0.5, 0.6) is 0 Å². The summed E-state index contributed by atoms with van der Waals surface area (Å²) >= 11 is 0. The second-order valence-corrected chi connectivity index (χ2v) is 6.49. The molecule has 0 aromatic rings. The molecule has 6 aliphatic rings. The van der Waals surface area contributed by atoms with E-state index in [1.165, 1.54) is 12.8 Å². The first-order chi connectivity index (χ1) is 7.33. The molecule has 0 aliphatic heterocycles. The van der Waals surface area contributed by atoms with Gasteiger partial charge in [0.2, 0.25) is 0 Å². The first-order valence-corrected chi connectivity index (χ1v) is 6.40. The molecule has 0 N–H and O–H groups in total. The summed E-state index contributed by atoms with van der Waals surface area (Å²) in [6.45, 7) is 0. The Kier molecular flexibility index (Phi) is 1.02. The van der Waals surface area contributed by atoms with Crippen LogP contribution in [0.4, 0.5) is 0 Å². The highest BCUT2D eigenvalue weighted by Crippen LogP contribution is 2.84. The highest BCUT2D eigenvalue weighted by molar-refractivity contribution is 5.75. The van der Waals surface area contributed by atoms with Gasteiger partial charge in [-0.25, -0.2) is 0 Å². The third kappa shape index (κ3) is 0.537. The monoisotopic (exact) mass is 204 g/mol. The molecule has 8 unspecified atom stereocenters. The number of ether oxygens (including phenoxy) is 1. The molecule has 6 rings (SSSR count). The Hall–Kier alpha value is -0.530. The van der Waals surface area contributed by atoms with Crippen molar-refractivity contribution in [3.05, 3.63) is 0 Å². The maximum atomic E-state index is 11.9. The summed E-state index contributed by atoms with van der Waals surface area (Å²) in [5.74, 6) is 7.74. The number of rotatable bonds is 1. The van der Waals surface area contributed by atoms with Crippen molar-refractivity contribution in [3.63, 3.8) is 0 Å². The van der Waals surface area contributed by atoms with Crippen molar-refractivity contribution in [3.8, 4) is 0 Å². The van der Waals surface area contributed by atoms with Crippen LogP contribution < -0.4 is 0 Å². The van der Waals surface area contributed by atoms with Gasteiger partial charge in [-0.05, 0) is 60.2 Å². The lowest BCUT2D eigenvalue weighted by molar-refractivity contribution is -0.147. The van der Waals surface area contributed by atoms with Crippen LogP contribution in [-0.4, -0.2) is 13.1 Å². The molecule has 15 heavy (non-hydrogen) atoms. The summed E-state index contributed by atoms with van der Waals surface area (Å²) in [6, 6.07) is 0. The van der Waals surface area contributed by atoms with E-state index in [4.69, 9.17) is 4.74 Å². The molecule has 9 atom stereocenters. The summed E-state index contributed by atoms with van der Waals surface area (Å²) in [6.07, 6.45) is 2.93. The fraction of sp³-hybridized carbons (Fsp3) is 0.923. The lowest BCUT2D eigenvalue weighted by atomic mass is 9.71. The standard InChI is InChI=1S/C13H16O2/c1-15-13(14)12-10-6-2-4-5-3-7(8(4)10)11(12)9(5)6/h4-12H,2-3H2,1H3/t4?,5?,6?,7?,8?,9?,10-,11?,12?/m1/s1. The number of hydrogen-bond donors (Lipinski definition) is 0. The summed E-state index contributed by atoms with van der Waals surface area (Å²) in [5.41, 5.74) is 0. The molecular weight excluding hydrogens is 188 g/mol. The second kappa shape index (κ2) is 1.99. The highest BCUT2D eigenvalue weighted by Gasteiger charge is 2.81. The summed E-state index contributed by atoms with van der Waals surface area (Å²) in [4.78, 5) is 11.9. The van der Waals surface area contributed by atoms with Crippen LogP contribution >= 0.6 is 0 Å². The molecule has 0 radical (unpaired) electrons. The van der Waals surface area contributed by atoms with E-state index in [1.54, 1.807) is 7.11 Å². The van der Waals surface area contributed by atoms with E-state index < -0.39 is 0 Å². The van der Waals surface area contributed by atoms with Crippen molar-refractivity contribution < 1.29 is 9.53 Å². The minimum Gasteiger partial charge on any atom is -0.469 e. The number of esters is 1. The number of carbonyl (C=O) groups excluding carboxylic acids is 1. The fourth-order valence-electron chi connectivity index (χ4n) is 7.07. The van der Waals surface area contributed by atoms with Crippen molar-refractivity contribution in [2.24, 2.45) is 53.3 Å². The Morgan fingerprint density at radius 3 is 1.93 bits per heavy atom. The Morgan fingerprint density at radius 2 is 1.47 bits per heavy atom. The lowest BCUT2D eigenvalue weighted by Crippen LogP contribution is -2.30. The smallest absolute Gasteiger partial charge is 0.309 e. The van der Waals surface area contributed by atoms with Crippen LogP contribution in [0.2, 0.25) is 0 Å². The zero-order chi connectivity index (χ0) is 9.89. The molecule has 0 spiro atoms. The molecule has 0 amide bonds. The predicted molar refractivity (Wildman–Crippen MR) is 52.7 cm³/mol. The maximum Gasteiger partial charge on any atom is 0.309 e. The van der Waals surface area contributed by atoms with Gasteiger partial charge in [-0.1, -0.05) is 0 Å². The van der Waals surface area contributed by atoms with Crippen molar-refractivity contribution in [2.45, 2.75) is 12.8 Å². The molecule has 0 aromatic carbocycles. The number of hydrogen-bond acceptors (Lipinski definition) is 2. The third-order valence-corrected chi connectivity index (χ3v) is 6.80. The Balaban J connectivity index is 1.69. The van der Waals surface area contributed by atoms with Crippen LogP contribution in [0.15, 0.2) is 0 Å². The third-order valence-electron chi connectivity index (χ3n) is 6.80. The number of carbonyl (C=O) groups is 1. The molecule has 0 saturated heterocycles. The Morgan fingerprint density at radius 1 is 0.933 bits per heavy atom. The molecule has 6 aliphatic carbocycles. The largest absolute Gasteiger partial charge is 0.469 e. The molecule has 6 fully saturated rings. The van der Waals surface area contributed by atoms with E-state index in [-0.39, 0.29) is 5.97 Å². The average Bonchev–Trinajstić information content (AvgIpc) is 2.90. The molecule has 2 heteroatoms. The van der Waals surface area contributed by atoms with Crippen LogP contribution in [0.1, 0.15) is 12.8 Å². The van der Waals surface area contributed by atoms with Gasteiger partial charge in [-0.2, -0.15) is 0 Å². The summed E-state index contributed by atoms with van der Waals surface area (Å²) in [5, 5.41) is 0. The van der Waals surface area contributed by atoms with Gasteiger partial charge in [0, 0.05) is 0 Å². The van der Waals surface area contributed by atoms with E-state index >= 15 is 0 Å². The van der Waals surface area contributed by atoms with Gasteiger partial charge >= 0.3 is 5.97 Å². The van der Waals surface area contributed by atoms with Gasteiger partial charge in [0.25, 0.3) is 0 Å². The van der Waals surface area contributed by atoms with Crippen LogP contribution in [0.3, 0.4) is 0 Å². The average molecular weight is 204 g/mol. The van der Waals surface area contributed by atoms with Gasteiger partial charge in [-0.15, -0.1) is 0 Å². The van der Waals surface area contributed by atoms with Gasteiger partial charge in [0.15, 0.2) is 0 Å². The SMILES string of the molecule is COC(=O)C1C2C3CC4C5CC(C42)[C@@H]1C53. The highest BCUT2D eigenvalue weighted by atomic mass is 16.5. The zero-order valence-electron chi connectivity index (χ0n) is 8.93. The van der Waals surface area contributed by atoms with Gasteiger partial charge in [-0.3, -0.25) is 4.79 Å². The lowest BCUT2D eigenvalue weighted by Gasteiger charge is -2.33.